The van der Waals surface area contributed by atoms with Crippen LogP contribution in [0, 0.1) is 13.8 Å². The molecule has 0 unspecified atom stereocenters. The van der Waals surface area contributed by atoms with E-state index in [1.165, 1.54) is 16.9 Å². The van der Waals surface area contributed by atoms with Crippen molar-refractivity contribution in [1.82, 2.24) is 29.7 Å². The molecule has 4 rings (SSSR count). The van der Waals surface area contributed by atoms with Crippen molar-refractivity contribution in [2.75, 3.05) is 6.54 Å². The molecule has 166 valence electrons. The molecule has 0 spiro atoms. The van der Waals surface area contributed by atoms with E-state index in [-0.39, 0.29) is 23.6 Å². The molecule has 0 aliphatic carbocycles. The van der Waals surface area contributed by atoms with E-state index in [1.54, 1.807) is 18.3 Å². The van der Waals surface area contributed by atoms with Crippen LogP contribution >= 0.6 is 11.6 Å². The molecule has 11 heteroatoms. The van der Waals surface area contributed by atoms with Gasteiger partial charge in [-0.25, -0.2) is 9.50 Å². The molecule has 1 aromatic carbocycles. The summed E-state index contributed by atoms with van der Waals surface area (Å²) in [6.07, 6.45) is -1.63. The van der Waals surface area contributed by atoms with Crippen molar-refractivity contribution in [3.05, 3.63) is 70.3 Å². The number of halogens is 4. The summed E-state index contributed by atoms with van der Waals surface area (Å²) in [7, 11) is 0. The van der Waals surface area contributed by atoms with Crippen molar-refractivity contribution in [2.24, 2.45) is 0 Å². The number of hydrogen-bond acceptors (Lipinski definition) is 4. The van der Waals surface area contributed by atoms with Crippen molar-refractivity contribution in [3.8, 4) is 11.3 Å². The van der Waals surface area contributed by atoms with E-state index >= 15 is 0 Å². The number of hydrogen-bond donors (Lipinski definition) is 1. The molecule has 1 amide bonds. The Morgan fingerprint density at radius 1 is 1.16 bits per heavy atom. The molecule has 3 aromatic heterocycles. The maximum Gasteiger partial charge on any atom is 0.433 e. The highest BCUT2D eigenvalue weighted by molar-refractivity contribution is 6.30. The summed E-state index contributed by atoms with van der Waals surface area (Å²) in [6, 6.07) is 7.49. The highest BCUT2D eigenvalue weighted by atomic mass is 35.5. The molecule has 3 heterocycles. The summed E-state index contributed by atoms with van der Waals surface area (Å²) >= 11 is 5.79. The molecule has 32 heavy (non-hydrogen) atoms. The molecule has 7 nitrogen and oxygen atoms in total. The third kappa shape index (κ3) is 4.45. The average Bonchev–Trinajstić information content (AvgIpc) is 3.34. The van der Waals surface area contributed by atoms with Crippen molar-refractivity contribution < 1.29 is 18.0 Å². The number of alkyl halides is 3. The molecular weight excluding hydrogens is 445 g/mol. The van der Waals surface area contributed by atoms with E-state index < -0.39 is 17.8 Å². The predicted molar refractivity (Wildman–Crippen MR) is 112 cm³/mol. The van der Waals surface area contributed by atoms with Crippen molar-refractivity contribution >= 4 is 23.2 Å². The van der Waals surface area contributed by atoms with E-state index in [1.807, 2.05) is 19.9 Å². The Morgan fingerprint density at radius 2 is 1.94 bits per heavy atom. The van der Waals surface area contributed by atoms with Gasteiger partial charge in [-0.05, 0) is 37.1 Å². The normalized spacial score (nSPS) is 11.8. The highest BCUT2D eigenvalue weighted by Crippen LogP contribution is 2.32. The van der Waals surface area contributed by atoms with Gasteiger partial charge in [0, 0.05) is 24.4 Å². The van der Waals surface area contributed by atoms with Gasteiger partial charge in [-0.1, -0.05) is 23.7 Å². The van der Waals surface area contributed by atoms with Crippen LogP contribution < -0.4 is 5.32 Å². The fourth-order valence-electron chi connectivity index (χ4n) is 3.17. The van der Waals surface area contributed by atoms with Crippen molar-refractivity contribution in [3.63, 3.8) is 0 Å². The van der Waals surface area contributed by atoms with Gasteiger partial charge < -0.3 is 5.32 Å². The fraction of sp³-hybridized carbons (Fsp3) is 0.238. The van der Waals surface area contributed by atoms with Crippen LogP contribution in [-0.4, -0.2) is 36.8 Å². The van der Waals surface area contributed by atoms with Crippen LogP contribution in [0.15, 0.2) is 42.7 Å². The second-order valence-electron chi connectivity index (χ2n) is 7.30. The lowest BCUT2D eigenvalue weighted by molar-refractivity contribution is -0.142. The Hall–Kier alpha value is -3.40. The number of aromatic nitrogens is 5. The maximum atomic E-state index is 13.8. The third-order valence-corrected chi connectivity index (χ3v) is 5.18. The summed E-state index contributed by atoms with van der Waals surface area (Å²) in [5.41, 5.74) is 1.40. The van der Waals surface area contributed by atoms with Gasteiger partial charge in [-0.15, -0.1) is 0 Å². The minimum Gasteiger partial charge on any atom is -0.349 e. The first-order valence-electron chi connectivity index (χ1n) is 9.63. The zero-order valence-electron chi connectivity index (χ0n) is 17.1. The Bertz CT molecular complexity index is 1310. The summed E-state index contributed by atoms with van der Waals surface area (Å²) in [5, 5.41) is 10.9. The largest absolute Gasteiger partial charge is 0.433 e. The van der Waals surface area contributed by atoms with Crippen LogP contribution in [0.5, 0.6) is 0 Å². The topological polar surface area (TPSA) is 77.1 Å². The van der Waals surface area contributed by atoms with Crippen molar-refractivity contribution in [1.29, 1.82) is 0 Å². The summed E-state index contributed by atoms with van der Waals surface area (Å²) in [4.78, 5) is 16.8. The summed E-state index contributed by atoms with van der Waals surface area (Å²) in [6.45, 7) is 4.33. The zero-order valence-corrected chi connectivity index (χ0v) is 17.9. The van der Waals surface area contributed by atoms with Crippen molar-refractivity contribution in [2.45, 2.75) is 26.6 Å². The molecule has 0 fully saturated rings. The van der Waals surface area contributed by atoms with Gasteiger partial charge in [0.05, 0.1) is 23.5 Å². The van der Waals surface area contributed by atoms with E-state index in [0.717, 1.165) is 17.2 Å². The molecule has 0 radical (unpaired) electrons. The first-order chi connectivity index (χ1) is 15.1. The van der Waals surface area contributed by atoms with Crippen LogP contribution in [0.2, 0.25) is 5.02 Å². The number of nitrogens with one attached hydrogen (secondary N) is 1. The molecule has 0 aliphatic heterocycles. The average molecular weight is 463 g/mol. The number of carbonyl (C=O) groups is 1. The van der Waals surface area contributed by atoms with Gasteiger partial charge in [0.15, 0.2) is 17.0 Å². The number of carbonyl (C=O) groups excluding carboxylic acids is 1. The molecule has 0 saturated heterocycles. The molecule has 0 saturated carbocycles. The lowest BCUT2D eigenvalue weighted by Gasteiger charge is -2.11. The molecule has 0 bridgehead atoms. The van der Waals surface area contributed by atoms with Crippen LogP contribution in [0.3, 0.4) is 0 Å². The van der Waals surface area contributed by atoms with E-state index in [9.17, 15) is 18.0 Å². The SMILES string of the molecule is Cc1ccc(-c2cc(C(F)(F)F)n3nc(C(=O)NCCn4cc(Cl)cn4)cc3n2)cc1C. The first-order valence-corrected chi connectivity index (χ1v) is 10.0. The van der Waals surface area contributed by atoms with E-state index in [0.29, 0.717) is 21.6 Å². The predicted octanol–water partition coefficient (Wildman–Crippen LogP) is 4.31. The van der Waals surface area contributed by atoms with Crippen LogP contribution in [-0.2, 0) is 12.7 Å². The van der Waals surface area contributed by atoms with Gasteiger partial charge in [0.25, 0.3) is 5.91 Å². The molecule has 0 atom stereocenters. The lowest BCUT2D eigenvalue weighted by Crippen LogP contribution is -2.27. The van der Waals surface area contributed by atoms with Gasteiger partial charge in [0.1, 0.15) is 0 Å². The second-order valence-corrected chi connectivity index (χ2v) is 7.74. The Balaban J connectivity index is 1.65. The quantitative estimate of drug-likeness (QED) is 0.479. The van der Waals surface area contributed by atoms with Gasteiger partial charge in [-0.3, -0.25) is 9.48 Å². The number of benzene rings is 1. The Morgan fingerprint density at radius 3 is 2.59 bits per heavy atom. The lowest BCUT2D eigenvalue weighted by atomic mass is 10.0. The second kappa shape index (κ2) is 8.27. The highest BCUT2D eigenvalue weighted by Gasteiger charge is 2.35. The van der Waals surface area contributed by atoms with Crippen LogP contribution in [0.4, 0.5) is 13.2 Å². The minimum atomic E-state index is -4.69. The van der Waals surface area contributed by atoms with E-state index in [4.69, 9.17) is 11.6 Å². The zero-order chi connectivity index (χ0) is 23.0. The Labute approximate surface area is 185 Å². The summed E-state index contributed by atoms with van der Waals surface area (Å²) in [5.74, 6) is -0.616. The van der Waals surface area contributed by atoms with Gasteiger partial charge >= 0.3 is 6.18 Å². The maximum absolute atomic E-state index is 13.8. The molecule has 4 aromatic rings. The number of nitrogens with zero attached hydrogens (tertiary/aromatic N) is 5. The molecular formula is C21H18ClF3N6O. The van der Waals surface area contributed by atoms with Gasteiger partial charge in [0.2, 0.25) is 0 Å². The number of aryl methyl sites for hydroxylation is 2. The summed E-state index contributed by atoms with van der Waals surface area (Å²) < 4.78 is 43.4. The minimum absolute atomic E-state index is 0.0722. The first kappa shape index (κ1) is 21.8. The fourth-order valence-corrected chi connectivity index (χ4v) is 3.33. The smallest absolute Gasteiger partial charge is 0.349 e. The number of amides is 1. The van der Waals surface area contributed by atoms with Crippen LogP contribution in [0.1, 0.15) is 27.3 Å². The molecule has 1 N–H and O–H groups in total. The monoisotopic (exact) mass is 462 g/mol. The van der Waals surface area contributed by atoms with Crippen LogP contribution in [0.25, 0.3) is 16.9 Å². The Kier molecular flexibility index (Phi) is 5.64. The van der Waals surface area contributed by atoms with Gasteiger partial charge in [-0.2, -0.15) is 23.4 Å². The molecule has 0 aliphatic rings. The standard InChI is InChI=1S/C21H18ClF3N6O/c1-12-3-4-14(7-13(12)2)16-8-18(21(23,24)25)31-19(28-16)9-17(29-31)20(32)26-5-6-30-11-15(22)10-27-30/h3-4,7-11H,5-6H2,1-2H3,(H,26,32). The number of rotatable bonds is 5. The number of fused-ring (bicyclic) bond motifs is 1. The third-order valence-electron chi connectivity index (χ3n) is 4.98. The van der Waals surface area contributed by atoms with E-state index in [2.05, 4.69) is 20.5 Å².